The molecule has 151 valence electrons. The number of carboxylic acid groups (broad SMARTS) is 1. The molecule has 1 unspecified atom stereocenters. The molecule has 1 atom stereocenters. The van der Waals surface area contributed by atoms with Crippen LogP contribution in [0, 0.1) is 5.92 Å². The fraction of sp³-hybridized carbons (Fsp3) is 0.261. The Bertz CT molecular complexity index is 1180. The van der Waals surface area contributed by atoms with Crippen LogP contribution in [0.25, 0.3) is 10.8 Å². The van der Waals surface area contributed by atoms with Crippen molar-refractivity contribution < 1.29 is 18.3 Å². The van der Waals surface area contributed by atoms with Crippen LogP contribution >= 0.6 is 0 Å². The van der Waals surface area contributed by atoms with Crippen LogP contribution in [0.5, 0.6) is 0 Å². The average molecular weight is 432 g/mol. The van der Waals surface area contributed by atoms with Crippen molar-refractivity contribution in [3.05, 3.63) is 77.4 Å². The van der Waals surface area contributed by atoms with Gasteiger partial charge in [0.1, 0.15) is 0 Å². The van der Waals surface area contributed by atoms with Crippen LogP contribution in [0.15, 0.2) is 65.6 Å². The summed E-state index contributed by atoms with van der Waals surface area (Å²) in [6.07, 6.45) is 2.55. The Hall–Kier alpha value is -1.70. The van der Waals surface area contributed by atoms with E-state index in [1.165, 1.54) is 5.56 Å². The Balaban J connectivity index is 0.00000256. The van der Waals surface area contributed by atoms with Gasteiger partial charge in [0.15, 0.2) is 0 Å². The second kappa shape index (κ2) is 9.62. The zero-order valence-corrected chi connectivity index (χ0v) is 19.8. The molecule has 0 saturated carbocycles. The molecule has 0 spiro atoms. The number of nitrogens with one attached hydrogen (secondary N) is 1. The third kappa shape index (κ3) is 5.31. The zero-order chi connectivity index (χ0) is 20.4. The largest absolute Gasteiger partial charge is 0.481 e. The van der Waals surface area contributed by atoms with E-state index in [0.717, 1.165) is 41.2 Å². The fourth-order valence-corrected chi connectivity index (χ4v) is 5.14. The maximum absolute atomic E-state index is 12.8. The van der Waals surface area contributed by atoms with E-state index in [1.54, 1.807) is 12.1 Å². The van der Waals surface area contributed by atoms with E-state index in [4.69, 9.17) is 5.11 Å². The van der Waals surface area contributed by atoms with E-state index in [9.17, 15) is 13.2 Å². The molecule has 7 heteroatoms. The first kappa shape index (κ1) is 23.0. The minimum Gasteiger partial charge on any atom is -0.481 e. The van der Waals surface area contributed by atoms with Gasteiger partial charge in [-0.15, -0.1) is 0 Å². The molecule has 4 rings (SSSR count). The van der Waals surface area contributed by atoms with E-state index in [1.807, 2.05) is 48.5 Å². The quantitative estimate of drug-likeness (QED) is 0.586. The SMILES string of the molecule is O=C(O)Cc1ccc2c(c1)CC(CNS(=O)(=O)c1ccc3ccccc3c1)CC2.[Na]. The number of fused-ring (bicyclic) bond motifs is 2. The van der Waals surface area contributed by atoms with Crippen LogP contribution in [-0.2, 0) is 34.1 Å². The number of rotatable bonds is 6. The first-order valence-electron chi connectivity index (χ1n) is 9.72. The molecule has 2 N–H and O–H groups in total. The molecule has 0 fully saturated rings. The molecule has 3 aromatic rings. The minimum absolute atomic E-state index is 0. The summed E-state index contributed by atoms with van der Waals surface area (Å²) in [4.78, 5) is 11.2. The summed E-state index contributed by atoms with van der Waals surface area (Å²) in [5.41, 5.74) is 3.14. The Morgan fingerprint density at radius 1 is 1.00 bits per heavy atom. The summed E-state index contributed by atoms with van der Waals surface area (Å²) in [6, 6.07) is 18.7. The maximum atomic E-state index is 12.8. The smallest absolute Gasteiger partial charge is 0.307 e. The summed E-state index contributed by atoms with van der Waals surface area (Å²) in [5.74, 6) is -0.654. The standard InChI is InChI=1S/C23H23NO4S.Na/c25-23(26)13-16-5-7-19-8-6-17(12-21(19)11-16)15-24-29(27,28)22-10-9-18-3-1-2-4-20(18)14-22;/h1-5,7,9-11,14,17,24H,6,8,12-13,15H2,(H,25,26);. The fourth-order valence-electron chi connectivity index (χ4n) is 3.99. The van der Waals surface area contributed by atoms with Gasteiger partial charge in [0.25, 0.3) is 0 Å². The number of aryl methyl sites for hydroxylation is 1. The van der Waals surface area contributed by atoms with Crippen LogP contribution in [0.4, 0.5) is 0 Å². The predicted molar refractivity (Wildman–Crippen MR) is 118 cm³/mol. The van der Waals surface area contributed by atoms with Crippen LogP contribution in [0.3, 0.4) is 0 Å². The molecule has 0 aliphatic heterocycles. The number of aliphatic carboxylic acids is 1. The molecule has 1 radical (unpaired) electrons. The number of sulfonamides is 1. The second-order valence-electron chi connectivity index (χ2n) is 7.64. The molecule has 0 bridgehead atoms. The van der Waals surface area contributed by atoms with Crippen LogP contribution in [0.2, 0.25) is 0 Å². The summed E-state index contributed by atoms with van der Waals surface area (Å²) >= 11 is 0. The minimum atomic E-state index is -3.58. The molecule has 1 aliphatic carbocycles. The molecule has 3 aromatic carbocycles. The summed E-state index contributed by atoms with van der Waals surface area (Å²) < 4.78 is 28.3. The average Bonchev–Trinajstić information content (AvgIpc) is 2.71. The topological polar surface area (TPSA) is 83.5 Å². The molecule has 0 aromatic heterocycles. The Morgan fingerprint density at radius 2 is 1.77 bits per heavy atom. The molecule has 0 saturated heterocycles. The normalized spacial score (nSPS) is 15.9. The van der Waals surface area contributed by atoms with Crippen molar-refractivity contribution >= 4 is 56.3 Å². The predicted octanol–water partition coefficient (Wildman–Crippen LogP) is 3.17. The molecular weight excluding hydrogens is 409 g/mol. The third-order valence-corrected chi connectivity index (χ3v) is 6.97. The van der Waals surface area contributed by atoms with Gasteiger partial charge in [0, 0.05) is 36.1 Å². The zero-order valence-electron chi connectivity index (χ0n) is 17.0. The number of hydrogen-bond donors (Lipinski definition) is 2. The van der Waals surface area contributed by atoms with Crippen molar-refractivity contribution in [2.24, 2.45) is 5.92 Å². The van der Waals surface area contributed by atoms with E-state index >= 15 is 0 Å². The van der Waals surface area contributed by atoms with E-state index in [0.29, 0.717) is 6.54 Å². The molecular formula is C23H23NNaO4S. The summed E-state index contributed by atoms with van der Waals surface area (Å²) in [7, 11) is -3.58. The maximum Gasteiger partial charge on any atom is 0.307 e. The van der Waals surface area contributed by atoms with Crippen molar-refractivity contribution in [3.63, 3.8) is 0 Å². The van der Waals surface area contributed by atoms with E-state index in [-0.39, 0.29) is 46.8 Å². The van der Waals surface area contributed by atoms with Crippen LogP contribution < -0.4 is 4.72 Å². The van der Waals surface area contributed by atoms with E-state index < -0.39 is 16.0 Å². The van der Waals surface area contributed by atoms with Gasteiger partial charge < -0.3 is 5.11 Å². The first-order valence-corrected chi connectivity index (χ1v) is 11.2. The molecule has 5 nitrogen and oxygen atoms in total. The van der Waals surface area contributed by atoms with Gasteiger partial charge >= 0.3 is 5.97 Å². The Labute approximate surface area is 198 Å². The number of hydrogen-bond acceptors (Lipinski definition) is 3. The Kier molecular flexibility index (Phi) is 7.37. The third-order valence-electron chi connectivity index (χ3n) is 5.55. The second-order valence-corrected chi connectivity index (χ2v) is 9.41. The van der Waals surface area contributed by atoms with Gasteiger partial charge in [0.05, 0.1) is 11.3 Å². The first-order chi connectivity index (χ1) is 13.9. The molecule has 1 aliphatic rings. The molecule has 0 heterocycles. The van der Waals surface area contributed by atoms with Crippen LogP contribution in [-0.4, -0.2) is 55.6 Å². The van der Waals surface area contributed by atoms with Gasteiger partial charge in [-0.25, -0.2) is 13.1 Å². The summed E-state index contributed by atoms with van der Waals surface area (Å²) in [5, 5.41) is 10.9. The molecule has 0 amide bonds. The number of carbonyl (C=O) groups is 1. The van der Waals surface area contributed by atoms with Crippen molar-refractivity contribution in [1.29, 1.82) is 0 Å². The van der Waals surface area contributed by atoms with Gasteiger partial charge in [-0.05, 0) is 64.8 Å². The van der Waals surface area contributed by atoms with Gasteiger partial charge in [-0.3, -0.25) is 4.79 Å². The van der Waals surface area contributed by atoms with Gasteiger partial charge in [0.2, 0.25) is 10.0 Å². The van der Waals surface area contributed by atoms with Crippen molar-refractivity contribution in [1.82, 2.24) is 4.72 Å². The van der Waals surface area contributed by atoms with Gasteiger partial charge in [-0.1, -0.05) is 48.5 Å². The van der Waals surface area contributed by atoms with Crippen LogP contribution in [0.1, 0.15) is 23.1 Å². The van der Waals surface area contributed by atoms with Crippen molar-refractivity contribution in [2.75, 3.05) is 6.54 Å². The van der Waals surface area contributed by atoms with E-state index in [2.05, 4.69) is 4.72 Å². The number of carboxylic acids is 1. The van der Waals surface area contributed by atoms with Crippen molar-refractivity contribution in [3.8, 4) is 0 Å². The Morgan fingerprint density at radius 3 is 2.53 bits per heavy atom. The van der Waals surface area contributed by atoms with Gasteiger partial charge in [-0.2, -0.15) is 0 Å². The monoisotopic (exact) mass is 432 g/mol. The summed E-state index contributed by atoms with van der Waals surface area (Å²) in [6.45, 7) is 0.373. The number of benzene rings is 3. The van der Waals surface area contributed by atoms with Crippen molar-refractivity contribution in [2.45, 2.75) is 30.6 Å². The molecule has 30 heavy (non-hydrogen) atoms.